The van der Waals surface area contributed by atoms with Gasteiger partial charge in [0.1, 0.15) is 5.56 Å². The predicted octanol–water partition coefficient (Wildman–Crippen LogP) is 2.74. The first-order valence-electron chi connectivity index (χ1n) is 5.77. The van der Waals surface area contributed by atoms with E-state index < -0.39 is 5.97 Å². The SMILES string of the molecule is CCCOOc1c(C)c(C)c(C)c(C(=O)O)c1O. The maximum Gasteiger partial charge on any atom is 0.339 e. The largest absolute Gasteiger partial charge is 0.504 e. The molecule has 0 amide bonds. The molecule has 0 bridgehead atoms. The summed E-state index contributed by atoms with van der Waals surface area (Å²) in [7, 11) is 0. The van der Waals surface area contributed by atoms with E-state index in [0.717, 1.165) is 12.0 Å². The first-order chi connectivity index (χ1) is 8.41. The molecule has 1 rings (SSSR count). The summed E-state index contributed by atoms with van der Waals surface area (Å²) in [4.78, 5) is 21.1. The van der Waals surface area contributed by atoms with Crippen molar-refractivity contribution in [2.24, 2.45) is 0 Å². The quantitative estimate of drug-likeness (QED) is 0.480. The van der Waals surface area contributed by atoms with E-state index in [9.17, 15) is 9.90 Å². The van der Waals surface area contributed by atoms with Crippen molar-refractivity contribution in [2.45, 2.75) is 34.1 Å². The van der Waals surface area contributed by atoms with Gasteiger partial charge < -0.3 is 15.1 Å². The molecule has 0 atom stereocenters. The summed E-state index contributed by atoms with van der Waals surface area (Å²) in [5, 5.41) is 19.1. The fourth-order valence-electron chi connectivity index (χ4n) is 1.66. The first kappa shape index (κ1) is 14.3. The van der Waals surface area contributed by atoms with Gasteiger partial charge in [0.2, 0.25) is 5.75 Å². The molecule has 0 aliphatic heterocycles. The van der Waals surface area contributed by atoms with Gasteiger partial charge in [-0.3, -0.25) is 0 Å². The third kappa shape index (κ3) is 2.56. The van der Waals surface area contributed by atoms with Gasteiger partial charge in [0.15, 0.2) is 5.75 Å². The summed E-state index contributed by atoms with van der Waals surface area (Å²) in [6, 6.07) is 0. The topological polar surface area (TPSA) is 76.0 Å². The Morgan fingerprint density at radius 3 is 2.28 bits per heavy atom. The van der Waals surface area contributed by atoms with Crippen LogP contribution in [0, 0.1) is 20.8 Å². The lowest BCUT2D eigenvalue weighted by Gasteiger charge is -2.16. The number of hydrogen-bond donors (Lipinski definition) is 2. The van der Waals surface area contributed by atoms with Crippen molar-refractivity contribution in [3.05, 3.63) is 22.3 Å². The average Bonchev–Trinajstić information content (AvgIpc) is 2.30. The number of carbonyl (C=O) groups is 1. The summed E-state index contributed by atoms with van der Waals surface area (Å²) in [5.41, 5.74) is 1.82. The van der Waals surface area contributed by atoms with Crippen molar-refractivity contribution in [3.63, 3.8) is 0 Å². The molecule has 0 saturated carbocycles. The molecule has 0 aliphatic rings. The van der Waals surface area contributed by atoms with Crippen LogP contribution in [0.1, 0.15) is 40.4 Å². The molecule has 0 aliphatic carbocycles. The number of benzene rings is 1. The summed E-state index contributed by atoms with van der Waals surface area (Å²) >= 11 is 0. The number of phenols is 1. The van der Waals surface area contributed by atoms with E-state index in [0.29, 0.717) is 17.7 Å². The highest BCUT2D eigenvalue weighted by Crippen LogP contribution is 2.38. The van der Waals surface area contributed by atoms with Crippen molar-refractivity contribution in [2.75, 3.05) is 6.61 Å². The van der Waals surface area contributed by atoms with Crippen LogP contribution in [0.25, 0.3) is 0 Å². The normalized spacial score (nSPS) is 10.4. The second-order valence-corrected chi connectivity index (χ2v) is 4.14. The summed E-state index contributed by atoms with van der Waals surface area (Å²) in [5.74, 6) is -1.50. The second-order valence-electron chi connectivity index (χ2n) is 4.14. The van der Waals surface area contributed by atoms with Crippen LogP contribution in [0.3, 0.4) is 0 Å². The standard InChI is InChI=1S/C13H18O5/c1-5-6-17-18-12-9(4)7(2)8(3)10(11(12)14)13(15)16/h14H,5-6H2,1-4H3,(H,15,16). The lowest BCUT2D eigenvalue weighted by molar-refractivity contribution is -0.207. The molecule has 0 aromatic heterocycles. The average molecular weight is 254 g/mol. The van der Waals surface area contributed by atoms with Crippen molar-refractivity contribution < 1.29 is 24.8 Å². The highest BCUT2D eigenvalue weighted by molar-refractivity contribution is 5.94. The van der Waals surface area contributed by atoms with E-state index in [-0.39, 0.29) is 17.1 Å². The molecule has 18 heavy (non-hydrogen) atoms. The van der Waals surface area contributed by atoms with Crippen molar-refractivity contribution in [1.29, 1.82) is 0 Å². The molecule has 5 heteroatoms. The first-order valence-corrected chi connectivity index (χ1v) is 5.77. The van der Waals surface area contributed by atoms with Gasteiger partial charge in [-0.05, 0) is 38.3 Å². The minimum Gasteiger partial charge on any atom is -0.504 e. The van der Waals surface area contributed by atoms with E-state index in [2.05, 4.69) is 0 Å². The molecule has 100 valence electrons. The van der Waals surface area contributed by atoms with Gasteiger partial charge in [-0.25, -0.2) is 4.79 Å². The molecule has 1 aromatic rings. The zero-order chi connectivity index (χ0) is 13.9. The minimum absolute atomic E-state index is 0.0731. The number of aromatic hydroxyl groups is 1. The maximum atomic E-state index is 11.1. The van der Waals surface area contributed by atoms with Gasteiger partial charge in [0, 0.05) is 5.56 Å². The van der Waals surface area contributed by atoms with Crippen LogP contribution in [0.15, 0.2) is 0 Å². The molecule has 0 heterocycles. The van der Waals surface area contributed by atoms with E-state index in [1.807, 2.05) is 6.92 Å². The van der Waals surface area contributed by atoms with Crippen molar-refractivity contribution in [1.82, 2.24) is 0 Å². The number of aromatic carboxylic acids is 1. The lowest BCUT2D eigenvalue weighted by atomic mass is 9.96. The number of rotatable bonds is 5. The molecule has 0 spiro atoms. The third-order valence-corrected chi connectivity index (χ3v) is 2.94. The van der Waals surface area contributed by atoms with Gasteiger partial charge >= 0.3 is 5.97 Å². The van der Waals surface area contributed by atoms with Crippen LogP contribution in [-0.2, 0) is 4.89 Å². The number of hydrogen-bond acceptors (Lipinski definition) is 4. The Balaban J connectivity index is 3.29. The van der Waals surface area contributed by atoms with Crippen LogP contribution >= 0.6 is 0 Å². The van der Waals surface area contributed by atoms with Crippen molar-refractivity contribution >= 4 is 5.97 Å². The van der Waals surface area contributed by atoms with Crippen LogP contribution in [0.2, 0.25) is 0 Å². The van der Waals surface area contributed by atoms with E-state index in [4.69, 9.17) is 14.9 Å². The van der Waals surface area contributed by atoms with E-state index in [1.54, 1.807) is 20.8 Å². The highest BCUT2D eigenvalue weighted by Gasteiger charge is 2.23. The predicted molar refractivity (Wildman–Crippen MR) is 66.1 cm³/mol. The molecule has 2 N–H and O–H groups in total. The molecule has 5 nitrogen and oxygen atoms in total. The molecule has 0 saturated heterocycles. The Morgan fingerprint density at radius 1 is 1.17 bits per heavy atom. The third-order valence-electron chi connectivity index (χ3n) is 2.94. The summed E-state index contributed by atoms with van der Waals surface area (Å²) in [6.45, 7) is 7.47. The zero-order valence-corrected chi connectivity index (χ0v) is 11.0. The van der Waals surface area contributed by atoms with E-state index >= 15 is 0 Å². The van der Waals surface area contributed by atoms with E-state index in [1.165, 1.54) is 0 Å². The summed E-state index contributed by atoms with van der Waals surface area (Å²) in [6.07, 6.45) is 0.760. The molecule has 0 radical (unpaired) electrons. The second kappa shape index (κ2) is 5.73. The van der Waals surface area contributed by atoms with Gasteiger partial charge in [0.25, 0.3) is 0 Å². The lowest BCUT2D eigenvalue weighted by Crippen LogP contribution is -2.08. The number of carboxylic acid groups (broad SMARTS) is 1. The Hall–Kier alpha value is -1.75. The zero-order valence-electron chi connectivity index (χ0n) is 11.0. The Morgan fingerprint density at radius 2 is 1.78 bits per heavy atom. The van der Waals surface area contributed by atoms with Crippen LogP contribution in [0.5, 0.6) is 11.5 Å². The molecule has 0 fully saturated rings. The minimum atomic E-state index is -1.19. The Kier molecular flexibility index (Phi) is 4.55. The smallest absolute Gasteiger partial charge is 0.339 e. The molecular weight excluding hydrogens is 236 g/mol. The van der Waals surface area contributed by atoms with Gasteiger partial charge in [-0.2, -0.15) is 4.89 Å². The maximum absolute atomic E-state index is 11.1. The van der Waals surface area contributed by atoms with Crippen LogP contribution < -0.4 is 4.89 Å². The van der Waals surface area contributed by atoms with Crippen LogP contribution in [0.4, 0.5) is 0 Å². The fraction of sp³-hybridized carbons (Fsp3) is 0.462. The molecular formula is C13H18O5. The van der Waals surface area contributed by atoms with Crippen LogP contribution in [-0.4, -0.2) is 22.8 Å². The number of carboxylic acids is 1. The van der Waals surface area contributed by atoms with Gasteiger partial charge in [0.05, 0.1) is 6.61 Å². The van der Waals surface area contributed by atoms with Crippen molar-refractivity contribution in [3.8, 4) is 11.5 Å². The molecule has 1 aromatic carbocycles. The highest BCUT2D eigenvalue weighted by atomic mass is 17.2. The summed E-state index contributed by atoms with van der Waals surface area (Å²) < 4.78 is 0. The Bertz CT molecular complexity index is 465. The monoisotopic (exact) mass is 254 g/mol. The molecule has 0 unspecified atom stereocenters. The van der Waals surface area contributed by atoms with Gasteiger partial charge in [-0.1, -0.05) is 6.92 Å². The van der Waals surface area contributed by atoms with Gasteiger partial charge in [-0.15, -0.1) is 0 Å². The Labute approximate surface area is 106 Å². The fourth-order valence-corrected chi connectivity index (χ4v) is 1.66.